The van der Waals surface area contributed by atoms with E-state index in [1.807, 2.05) is 0 Å². The molecule has 108 valence electrons. The van der Waals surface area contributed by atoms with E-state index in [1.165, 1.54) is 6.26 Å². The van der Waals surface area contributed by atoms with Crippen LogP contribution in [-0.2, 0) is 6.54 Å². The molecule has 8 nitrogen and oxygen atoms in total. The van der Waals surface area contributed by atoms with Crippen molar-refractivity contribution in [1.82, 2.24) is 5.32 Å². The van der Waals surface area contributed by atoms with Crippen molar-refractivity contribution in [3.63, 3.8) is 0 Å². The summed E-state index contributed by atoms with van der Waals surface area (Å²) in [5.41, 5.74) is -0.941. The minimum absolute atomic E-state index is 0.0492. The van der Waals surface area contributed by atoms with Crippen molar-refractivity contribution in [2.24, 2.45) is 0 Å². The van der Waals surface area contributed by atoms with Crippen LogP contribution < -0.4 is 5.32 Å². The molecular formula is C13H10N2O6. The molecule has 0 aliphatic heterocycles. The number of aromatic carboxylic acids is 1. The standard InChI is InChI=1S/C13H10N2O6/c16-12(14-7-9-2-1-5-21-9)11-6-8(15(19)20)3-4-10(11)13(17)18/h1-6H,7H2,(H,14,16)(H,17,18). The van der Waals surface area contributed by atoms with E-state index in [0.29, 0.717) is 5.76 Å². The molecule has 2 N–H and O–H groups in total. The molecule has 0 atom stereocenters. The lowest BCUT2D eigenvalue weighted by Gasteiger charge is -2.06. The second kappa shape index (κ2) is 5.87. The van der Waals surface area contributed by atoms with Gasteiger partial charge in [-0.05, 0) is 18.2 Å². The second-order valence-corrected chi connectivity index (χ2v) is 4.05. The predicted molar refractivity (Wildman–Crippen MR) is 69.9 cm³/mol. The molecule has 0 spiro atoms. The highest BCUT2D eigenvalue weighted by Gasteiger charge is 2.20. The molecule has 0 aliphatic carbocycles. The van der Waals surface area contributed by atoms with Gasteiger partial charge in [0.05, 0.1) is 28.9 Å². The molecule has 0 unspecified atom stereocenters. The number of nitro groups is 1. The Bertz CT molecular complexity index is 693. The number of rotatable bonds is 5. The van der Waals surface area contributed by atoms with E-state index in [4.69, 9.17) is 9.52 Å². The topological polar surface area (TPSA) is 123 Å². The Morgan fingerprint density at radius 2 is 2.05 bits per heavy atom. The largest absolute Gasteiger partial charge is 0.478 e. The zero-order valence-corrected chi connectivity index (χ0v) is 10.6. The third kappa shape index (κ3) is 3.24. The van der Waals surface area contributed by atoms with Crippen molar-refractivity contribution in [2.45, 2.75) is 6.54 Å². The highest BCUT2D eigenvalue weighted by atomic mass is 16.6. The number of hydrogen-bond acceptors (Lipinski definition) is 5. The summed E-state index contributed by atoms with van der Waals surface area (Å²) < 4.78 is 5.02. The van der Waals surface area contributed by atoms with E-state index in [1.54, 1.807) is 12.1 Å². The third-order valence-electron chi connectivity index (χ3n) is 2.69. The Kier molecular flexibility index (Phi) is 3.98. The lowest BCUT2D eigenvalue weighted by atomic mass is 10.1. The van der Waals surface area contributed by atoms with Gasteiger partial charge in [0.1, 0.15) is 5.76 Å². The summed E-state index contributed by atoms with van der Waals surface area (Å²) in [5, 5.41) is 22.2. The van der Waals surface area contributed by atoms with Gasteiger partial charge in [0.2, 0.25) is 0 Å². The van der Waals surface area contributed by atoms with Gasteiger partial charge >= 0.3 is 5.97 Å². The van der Waals surface area contributed by atoms with Gasteiger partial charge in [0, 0.05) is 12.1 Å². The molecule has 0 saturated heterocycles. The van der Waals surface area contributed by atoms with Crippen LogP contribution in [0.3, 0.4) is 0 Å². The lowest BCUT2D eigenvalue weighted by molar-refractivity contribution is -0.384. The summed E-state index contributed by atoms with van der Waals surface area (Å²) in [4.78, 5) is 33.1. The van der Waals surface area contributed by atoms with E-state index in [2.05, 4.69) is 5.32 Å². The zero-order valence-electron chi connectivity index (χ0n) is 10.6. The molecular weight excluding hydrogens is 280 g/mol. The van der Waals surface area contributed by atoms with Crippen molar-refractivity contribution in [3.05, 3.63) is 63.6 Å². The summed E-state index contributed by atoms with van der Waals surface area (Å²) in [7, 11) is 0. The maximum atomic E-state index is 12.0. The van der Waals surface area contributed by atoms with Crippen LogP contribution in [0.15, 0.2) is 41.0 Å². The quantitative estimate of drug-likeness (QED) is 0.639. The monoisotopic (exact) mass is 290 g/mol. The zero-order chi connectivity index (χ0) is 15.4. The molecule has 0 aliphatic rings. The highest BCUT2D eigenvalue weighted by molar-refractivity contribution is 6.05. The number of amides is 1. The van der Waals surface area contributed by atoms with Crippen LogP contribution >= 0.6 is 0 Å². The van der Waals surface area contributed by atoms with Crippen molar-refractivity contribution in [1.29, 1.82) is 0 Å². The van der Waals surface area contributed by atoms with Crippen molar-refractivity contribution in [2.75, 3.05) is 0 Å². The number of nitrogens with one attached hydrogen (secondary N) is 1. The number of benzene rings is 1. The minimum atomic E-state index is -1.34. The fourth-order valence-electron chi connectivity index (χ4n) is 1.70. The van der Waals surface area contributed by atoms with E-state index in [9.17, 15) is 19.7 Å². The van der Waals surface area contributed by atoms with Gasteiger partial charge in [-0.25, -0.2) is 4.79 Å². The molecule has 8 heteroatoms. The third-order valence-corrected chi connectivity index (χ3v) is 2.69. The number of nitrogens with zero attached hydrogens (tertiary/aromatic N) is 1. The van der Waals surface area contributed by atoms with Crippen LogP contribution in [-0.4, -0.2) is 21.9 Å². The van der Waals surface area contributed by atoms with Crippen LogP contribution in [0.1, 0.15) is 26.5 Å². The summed E-state index contributed by atoms with van der Waals surface area (Å²) >= 11 is 0. The number of nitro benzene ring substituents is 1. The molecule has 1 heterocycles. The average Bonchev–Trinajstić information content (AvgIpc) is 2.97. The molecule has 1 aromatic heterocycles. The van der Waals surface area contributed by atoms with Crippen LogP contribution in [0.2, 0.25) is 0 Å². The van der Waals surface area contributed by atoms with Crippen LogP contribution in [0, 0.1) is 10.1 Å². The molecule has 0 saturated carbocycles. The molecule has 1 aromatic carbocycles. The Balaban J connectivity index is 2.26. The van der Waals surface area contributed by atoms with E-state index in [0.717, 1.165) is 18.2 Å². The molecule has 0 bridgehead atoms. The van der Waals surface area contributed by atoms with Gasteiger partial charge < -0.3 is 14.8 Å². The number of carbonyl (C=O) groups is 2. The number of non-ortho nitro benzene ring substituents is 1. The van der Waals surface area contributed by atoms with Gasteiger partial charge in [-0.3, -0.25) is 14.9 Å². The first-order chi connectivity index (χ1) is 9.99. The van der Waals surface area contributed by atoms with Crippen molar-refractivity contribution >= 4 is 17.6 Å². The van der Waals surface area contributed by atoms with Gasteiger partial charge in [0.25, 0.3) is 11.6 Å². The van der Waals surface area contributed by atoms with E-state index >= 15 is 0 Å². The number of furan rings is 1. The van der Waals surface area contributed by atoms with E-state index < -0.39 is 16.8 Å². The average molecular weight is 290 g/mol. The van der Waals surface area contributed by atoms with Gasteiger partial charge in [-0.15, -0.1) is 0 Å². The number of carboxylic acids is 1. The molecule has 2 aromatic rings. The second-order valence-electron chi connectivity index (χ2n) is 4.05. The maximum Gasteiger partial charge on any atom is 0.336 e. The van der Waals surface area contributed by atoms with Crippen molar-refractivity contribution < 1.29 is 24.0 Å². The number of hydrogen-bond donors (Lipinski definition) is 2. The normalized spacial score (nSPS) is 10.1. The van der Waals surface area contributed by atoms with Gasteiger partial charge in [0.15, 0.2) is 0 Å². The fourth-order valence-corrected chi connectivity index (χ4v) is 1.70. The summed E-state index contributed by atoms with van der Waals surface area (Å²) in [6, 6.07) is 6.26. The predicted octanol–water partition coefficient (Wildman–Crippen LogP) is 1.82. The van der Waals surface area contributed by atoms with Gasteiger partial charge in [-0.2, -0.15) is 0 Å². The fraction of sp³-hybridized carbons (Fsp3) is 0.0769. The first-order valence-corrected chi connectivity index (χ1v) is 5.81. The Hall–Kier alpha value is -3.16. The maximum absolute atomic E-state index is 12.0. The first-order valence-electron chi connectivity index (χ1n) is 5.81. The number of carboxylic acid groups (broad SMARTS) is 1. The molecule has 21 heavy (non-hydrogen) atoms. The Labute approximate surface area is 118 Å². The van der Waals surface area contributed by atoms with Crippen LogP contribution in [0.4, 0.5) is 5.69 Å². The summed E-state index contributed by atoms with van der Waals surface area (Å²) in [6.45, 7) is 0.0492. The summed E-state index contributed by atoms with van der Waals surface area (Å²) in [5.74, 6) is -1.59. The van der Waals surface area contributed by atoms with Crippen LogP contribution in [0.25, 0.3) is 0 Å². The molecule has 1 amide bonds. The highest BCUT2D eigenvalue weighted by Crippen LogP contribution is 2.18. The Morgan fingerprint density at radius 3 is 2.62 bits per heavy atom. The molecule has 2 rings (SSSR count). The Morgan fingerprint density at radius 1 is 1.29 bits per heavy atom. The first kappa shape index (κ1) is 14.3. The molecule has 0 fully saturated rings. The number of carbonyl (C=O) groups excluding carboxylic acids is 1. The summed E-state index contributed by atoms with van der Waals surface area (Å²) in [6.07, 6.45) is 1.43. The van der Waals surface area contributed by atoms with Crippen molar-refractivity contribution in [3.8, 4) is 0 Å². The lowest BCUT2D eigenvalue weighted by Crippen LogP contribution is -2.24. The SMILES string of the molecule is O=C(O)c1ccc([N+](=O)[O-])cc1C(=O)NCc1ccco1. The minimum Gasteiger partial charge on any atom is -0.478 e. The van der Waals surface area contributed by atoms with Crippen LogP contribution in [0.5, 0.6) is 0 Å². The van der Waals surface area contributed by atoms with Gasteiger partial charge in [-0.1, -0.05) is 0 Å². The molecule has 0 radical (unpaired) electrons. The smallest absolute Gasteiger partial charge is 0.336 e. The van der Waals surface area contributed by atoms with E-state index in [-0.39, 0.29) is 23.4 Å².